The zero-order chi connectivity index (χ0) is 40.7. The van der Waals surface area contributed by atoms with Crippen LogP contribution in [0.5, 0.6) is 0 Å². The molecule has 10 aromatic carbocycles. The van der Waals surface area contributed by atoms with Gasteiger partial charge in [0.2, 0.25) is 0 Å². The van der Waals surface area contributed by atoms with E-state index < -0.39 is 0 Å². The third kappa shape index (κ3) is 5.32. The van der Waals surface area contributed by atoms with Gasteiger partial charge in [-0.2, -0.15) is 0 Å². The smallest absolute Gasteiger partial charge is 0.166 e. The van der Waals surface area contributed by atoms with E-state index in [-0.39, 0.29) is 0 Å². The fourth-order valence-electron chi connectivity index (χ4n) is 9.56. The molecule has 0 aliphatic carbocycles. The van der Waals surface area contributed by atoms with Crippen molar-refractivity contribution in [3.05, 3.63) is 206 Å². The van der Waals surface area contributed by atoms with Crippen LogP contribution in [0.2, 0.25) is 0 Å². The van der Waals surface area contributed by atoms with Gasteiger partial charge in [0.25, 0.3) is 0 Å². The maximum Gasteiger partial charge on any atom is 0.166 e. The van der Waals surface area contributed by atoms with Crippen molar-refractivity contribution in [2.45, 2.75) is 0 Å². The van der Waals surface area contributed by atoms with Crippen LogP contribution in [0.1, 0.15) is 0 Å². The van der Waals surface area contributed by atoms with Crippen molar-refractivity contribution in [1.29, 1.82) is 0 Å². The maximum absolute atomic E-state index is 6.64. The van der Waals surface area contributed by atoms with Crippen molar-refractivity contribution in [3.63, 3.8) is 0 Å². The molecule has 0 N–H and O–H groups in total. The Morgan fingerprint density at radius 3 is 1.77 bits per heavy atom. The first kappa shape index (κ1) is 34.5. The van der Waals surface area contributed by atoms with Gasteiger partial charge < -0.3 is 8.98 Å². The highest BCUT2D eigenvalue weighted by Crippen LogP contribution is 2.44. The van der Waals surface area contributed by atoms with Crippen molar-refractivity contribution in [3.8, 4) is 51.0 Å². The SMILES string of the molecule is c1ccc(-c2cccc(-c3nc(-c4ccc5oc6ccccc6c5c4-n4c5ccccc5c5cc6ccccc6cc54)nc(-c4cc5ccccc5c5ccccc45)n3)c2)cc1. The summed E-state index contributed by atoms with van der Waals surface area (Å²) >= 11 is 0. The Balaban J connectivity index is 1.17. The van der Waals surface area contributed by atoms with Crippen LogP contribution in [-0.4, -0.2) is 19.5 Å². The van der Waals surface area contributed by atoms with Gasteiger partial charge in [-0.1, -0.05) is 158 Å². The normalized spacial score (nSPS) is 11.9. The van der Waals surface area contributed by atoms with Crippen LogP contribution in [0, 0.1) is 0 Å². The lowest BCUT2D eigenvalue weighted by atomic mass is 9.96. The first-order chi connectivity index (χ1) is 30.7. The Labute approximate surface area is 355 Å². The number of fused-ring (bicyclic) bond motifs is 10. The standard InChI is InChI=1S/C57H34N4O/c1-2-15-35(16-3-1)36-20-14-21-40(31-36)55-58-56(60-57(59-55)48-33-39-19-6-7-22-41(39)42-23-8-9-24-43(42)48)46-29-30-52-53(45-26-11-13-28-51(45)62-52)54(46)61-49-27-12-10-25-44(49)47-32-37-17-4-5-18-38(37)34-50(47)61/h1-34H. The minimum Gasteiger partial charge on any atom is -0.456 e. The van der Waals surface area contributed by atoms with Crippen molar-refractivity contribution in [2.75, 3.05) is 0 Å². The summed E-state index contributed by atoms with van der Waals surface area (Å²) in [5.41, 5.74) is 9.69. The van der Waals surface area contributed by atoms with E-state index in [1.165, 1.54) is 26.9 Å². The summed E-state index contributed by atoms with van der Waals surface area (Å²) in [6, 6.07) is 72.7. The molecule has 0 saturated heterocycles. The molecule has 5 nitrogen and oxygen atoms in total. The Hall–Kier alpha value is -8.41. The average molecular weight is 791 g/mol. The van der Waals surface area contributed by atoms with Gasteiger partial charge >= 0.3 is 0 Å². The van der Waals surface area contributed by atoms with Gasteiger partial charge in [0.1, 0.15) is 11.2 Å². The molecular formula is C57H34N4O. The van der Waals surface area contributed by atoms with Crippen LogP contribution in [-0.2, 0) is 0 Å². The van der Waals surface area contributed by atoms with E-state index in [4.69, 9.17) is 19.4 Å². The quantitative estimate of drug-likeness (QED) is 0.163. The van der Waals surface area contributed by atoms with E-state index in [1.807, 2.05) is 18.2 Å². The Kier molecular flexibility index (Phi) is 7.54. The van der Waals surface area contributed by atoms with Crippen LogP contribution in [0.15, 0.2) is 211 Å². The molecule has 0 bridgehead atoms. The van der Waals surface area contributed by atoms with Crippen LogP contribution in [0.25, 0.3) is 127 Å². The van der Waals surface area contributed by atoms with Crippen LogP contribution in [0.4, 0.5) is 0 Å². The van der Waals surface area contributed by atoms with Crippen molar-refractivity contribution in [1.82, 2.24) is 19.5 Å². The molecule has 0 atom stereocenters. The van der Waals surface area contributed by atoms with E-state index in [9.17, 15) is 0 Å². The molecule has 62 heavy (non-hydrogen) atoms. The number of hydrogen-bond donors (Lipinski definition) is 0. The Bertz CT molecular complexity index is 3940. The largest absolute Gasteiger partial charge is 0.456 e. The number of hydrogen-bond acceptors (Lipinski definition) is 4. The lowest BCUT2D eigenvalue weighted by molar-refractivity contribution is 0.669. The monoisotopic (exact) mass is 790 g/mol. The van der Waals surface area contributed by atoms with Crippen LogP contribution in [0.3, 0.4) is 0 Å². The molecule has 0 spiro atoms. The first-order valence-corrected chi connectivity index (χ1v) is 20.9. The lowest BCUT2D eigenvalue weighted by Gasteiger charge is -2.17. The summed E-state index contributed by atoms with van der Waals surface area (Å²) in [4.78, 5) is 16.4. The highest BCUT2D eigenvalue weighted by atomic mass is 16.3. The second kappa shape index (κ2) is 13.6. The molecule has 13 rings (SSSR count). The number of furan rings is 1. The average Bonchev–Trinajstić information content (AvgIpc) is 3.88. The summed E-state index contributed by atoms with van der Waals surface area (Å²) in [6.07, 6.45) is 0. The number of nitrogens with zero attached hydrogens (tertiary/aromatic N) is 4. The summed E-state index contributed by atoms with van der Waals surface area (Å²) in [5.74, 6) is 1.77. The molecule has 3 heterocycles. The Morgan fingerprint density at radius 2 is 0.935 bits per heavy atom. The molecule has 5 heteroatoms. The van der Waals surface area contributed by atoms with Gasteiger partial charge in [-0.25, -0.2) is 15.0 Å². The van der Waals surface area contributed by atoms with Gasteiger partial charge in [-0.05, 0) is 92.0 Å². The Morgan fingerprint density at radius 1 is 0.323 bits per heavy atom. The van der Waals surface area contributed by atoms with E-state index in [0.717, 1.165) is 82.6 Å². The first-order valence-electron chi connectivity index (χ1n) is 20.9. The highest BCUT2D eigenvalue weighted by Gasteiger charge is 2.25. The number of rotatable bonds is 5. The second-order valence-electron chi connectivity index (χ2n) is 15.9. The van der Waals surface area contributed by atoms with Gasteiger partial charge in [-0.15, -0.1) is 0 Å². The summed E-state index contributed by atoms with van der Waals surface area (Å²) in [5, 5.41) is 11.3. The molecule has 0 amide bonds. The summed E-state index contributed by atoms with van der Waals surface area (Å²) in [6.45, 7) is 0. The van der Waals surface area contributed by atoms with Gasteiger partial charge in [0.05, 0.1) is 22.1 Å². The molecule has 0 aliphatic rings. The lowest BCUT2D eigenvalue weighted by Crippen LogP contribution is -2.04. The van der Waals surface area contributed by atoms with Crippen molar-refractivity contribution < 1.29 is 4.42 Å². The van der Waals surface area contributed by atoms with Crippen molar-refractivity contribution in [2.24, 2.45) is 0 Å². The molecule has 0 aliphatic heterocycles. The fraction of sp³-hybridized carbons (Fsp3) is 0. The molecule has 0 unspecified atom stereocenters. The van der Waals surface area contributed by atoms with E-state index >= 15 is 0 Å². The molecule has 0 radical (unpaired) electrons. The maximum atomic E-state index is 6.64. The molecule has 13 aromatic rings. The van der Waals surface area contributed by atoms with E-state index in [2.05, 4.69) is 193 Å². The summed E-state index contributed by atoms with van der Waals surface area (Å²) in [7, 11) is 0. The second-order valence-corrected chi connectivity index (χ2v) is 15.9. The predicted octanol–water partition coefficient (Wildman–Crippen LogP) is 15.0. The number of para-hydroxylation sites is 2. The molecule has 288 valence electrons. The van der Waals surface area contributed by atoms with Crippen LogP contribution >= 0.6 is 0 Å². The highest BCUT2D eigenvalue weighted by molar-refractivity contribution is 6.18. The fourth-order valence-corrected chi connectivity index (χ4v) is 9.56. The predicted molar refractivity (Wildman–Crippen MR) is 256 cm³/mol. The minimum atomic E-state index is 0.571. The molecule has 0 fully saturated rings. The van der Waals surface area contributed by atoms with Gasteiger partial charge in [-0.3, -0.25) is 0 Å². The molecule has 0 saturated carbocycles. The molecular weight excluding hydrogens is 757 g/mol. The van der Waals surface area contributed by atoms with Gasteiger partial charge in [0, 0.05) is 32.8 Å². The van der Waals surface area contributed by atoms with E-state index in [0.29, 0.717) is 17.5 Å². The molecule has 3 aromatic heterocycles. The summed E-state index contributed by atoms with van der Waals surface area (Å²) < 4.78 is 9.04. The third-order valence-electron chi connectivity index (χ3n) is 12.4. The third-order valence-corrected chi connectivity index (χ3v) is 12.4. The minimum absolute atomic E-state index is 0.571. The van der Waals surface area contributed by atoms with Crippen LogP contribution < -0.4 is 0 Å². The van der Waals surface area contributed by atoms with Gasteiger partial charge in [0.15, 0.2) is 17.5 Å². The zero-order valence-corrected chi connectivity index (χ0v) is 33.3. The number of aromatic nitrogens is 4. The zero-order valence-electron chi connectivity index (χ0n) is 33.3. The van der Waals surface area contributed by atoms with Crippen molar-refractivity contribution >= 4 is 76.1 Å². The number of benzene rings is 10. The topological polar surface area (TPSA) is 56.7 Å². The van der Waals surface area contributed by atoms with E-state index in [1.54, 1.807) is 0 Å².